The maximum absolute atomic E-state index is 12.3. The molecule has 0 saturated heterocycles. The van der Waals surface area contributed by atoms with Gasteiger partial charge in [0.15, 0.2) is 0 Å². The van der Waals surface area contributed by atoms with Gasteiger partial charge in [0.2, 0.25) is 10.0 Å². The first-order valence-electron chi connectivity index (χ1n) is 9.71. The maximum atomic E-state index is 12.3. The molecule has 3 rings (SSSR count). The third-order valence-electron chi connectivity index (χ3n) is 5.23. The van der Waals surface area contributed by atoms with Crippen LogP contribution in [0.15, 0.2) is 53.4 Å². The highest BCUT2D eigenvalue weighted by Crippen LogP contribution is 2.27. The summed E-state index contributed by atoms with van der Waals surface area (Å²) in [7, 11) is -3.51. The lowest BCUT2D eigenvalue weighted by Gasteiger charge is -2.22. The summed E-state index contributed by atoms with van der Waals surface area (Å²) in [5.41, 5.74) is 8.55. The molecular weight excluding hydrogens is 358 g/mol. The van der Waals surface area contributed by atoms with Gasteiger partial charge in [-0.05, 0) is 42.2 Å². The average Bonchev–Trinajstić information content (AvgIpc) is 2.69. The van der Waals surface area contributed by atoms with Crippen molar-refractivity contribution in [2.24, 2.45) is 5.92 Å². The molecule has 1 saturated carbocycles. The molecule has 2 aromatic rings. The largest absolute Gasteiger partial charge is 0.397 e. The van der Waals surface area contributed by atoms with E-state index in [1.807, 2.05) is 18.2 Å². The number of sulfonamides is 1. The summed E-state index contributed by atoms with van der Waals surface area (Å²) in [4.78, 5) is 0.263. The second kappa shape index (κ2) is 9.24. The Bertz CT molecular complexity index is 832. The van der Waals surface area contributed by atoms with Crippen molar-refractivity contribution in [2.45, 2.75) is 50.0 Å². The summed E-state index contributed by atoms with van der Waals surface area (Å²) in [6, 6.07) is 14.0. The van der Waals surface area contributed by atoms with Crippen LogP contribution in [0.1, 0.15) is 44.1 Å². The molecule has 2 aromatic carbocycles. The monoisotopic (exact) mass is 387 g/mol. The summed E-state index contributed by atoms with van der Waals surface area (Å²) in [5.74, 6) is 0.833. The maximum Gasteiger partial charge on any atom is 0.240 e. The Kier molecular flexibility index (Phi) is 6.74. The van der Waals surface area contributed by atoms with Gasteiger partial charge in [-0.15, -0.1) is 0 Å². The number of benzene rings is 2. The fraction of sp³-hybridized carbons (Fsp3) is 0.429. The first-order chi connectivity index (χ1) is 13.0. The number of nitrogens with two attached hydrogens (primary N) is 1. The van der Waals surface area contributed by atoms with Crippen molar-refractivity contribution in [2.75, 3.05) is 17.6 Å². The molecule has 0 bridgehead atoms. The minimum Gasteiger partial charge on any atom is -0.397 e. The molecule has 0 amide bonds. The zero-order valence-electron chi connectivity index (χ0n) is 15.7. The van der Waals surface area contributed by atoms with E-state index in [0.29, 0.717) is 5.69 Å². The molecule has 6 heteroatoms. The molecule has 0 atom stereocenters. The zero-order valence-corrected chi connectivity index (χ0v) is 16.5. The highest BCUT2D eigenvalue weighted by atomic mass is 32.2. The quantitative estimate of drug-likeness (QED) is 0.595. The van der Waals surface area contributed by atoms with Crippen molar-refractivity contribution in [3.8, 4) is 0 Å². The van der Waals surface area contributed by atoms with Crippen LogP contribution in [0.4, 0.5) is 11.4 Å². The number of hydrogen-bond donors (Lipinski definition) is 3. The van der Waals surface area contributed by atoms with Crippen molar-refractivity contribution in [1.29, 1.82) is 0 Å². The minimum absolute atomic E-state index is 0.212. The van der Waals surface area contributed by atoms with Crippen LogP contribution in [0.5, 0.6) is 0 Å². The average molecular weight is 388 g/mol. The third kappa shape index (κ3) is 5.71. The third-order valence-corrected chi connectivity index (χ3v) is 6.65. The Morgan fingerprint density at radius 1 is 1.00 bits per heavy atom. The fourth-order valence-electron chi connectivity index (χ4n) is 3.63. The molecule has 27 heavy (non-hydrogen) atoms. The molecule has 0 aromatic heterocycles. The summed E-state index contributed by atoms with van der Waals surface area (Å²) in [5, 5.41) is 3.42. The number of nitrogen functional groups attached to an aromatic ring is 1. The molecule has 0 radical (unpaired) electrons. The first kappa shape index (κ1) is 19.7. The lowest BCUT2D eigenvalue weighted by molar-refractivity contribution is 0.345. The van der Waals surface area contributed by atoms with Crippen LogP contribution < -0.4 is 15.8 Å². The van der Waals surface area contributed by atoms with Gasteiger partial charge in [0.1, 0.15) is 0 Å². The van der Waals surface area contributed by atoms with E-state index in [1.54, 1.807) is 30.3 Å². The standard InChI is InChI=1S/C21H29N3O2S/c22-20-15-18(16-24-27(25,26)19-9-5-2-6-10-19)11-12-21(20)23-14-13-17-7-3-1-4-8-17/h2,5-6,9-12,15,17,23-24H,1,3-4,7-8,13-14,16,22H2. The van der Waals surface area contributed by atoms with Gasteiger partial charge in [0.05, 0.1) is 16.3 Å². The number of rotatable bonds is 8. The second-order valence-corrected chi connectivity index (χ2v) is 9.05. The van der Waals surface area contributed by atoms with Crippen LogP contribution in [0.2, 0.25) is 0 Å². The minimum atomic E-state index is -3.51. The van der Waals surface area contributed by atoms with Gasteiger partial charge < -0.3 is 11.1 Å². The van der Waals surface area contributed by atoms with Crippen molar-refractivity contribution < 1.29 is 8.42 Å². The molecule has 1 aliphatic carbocycles. The summed E-state index contributed by atoms with van der Waals surface area (Å²) >= 11 is 0. The topological polar surface area (TPSA) is 84.2 Å². The predicted octanol–water partition coefficient (Wildman–Crippen LogP) is 4.13. The van der Waals surface area contributed by atoms with E-state index in [0.717, 1.165) is 23.7 Å². The van der Waals surface area contributed by atoms with Gasteiger partial charge in [-0.2, -0.15) is 0 Å². The molecule has 1 fully saturated rings. The van der Waals surface area contributed by atoms with Crippen LogP contribution in [0.3, 0.4) is 0 Å². The lowest BCUT2D eigenvalue weighted by atomic mass is 9.87. The highest BCUT2D eigenvalue weighted by Gasteiger charge is 2.14. The first-order valence-corrected chi connectivity index (χ1v) is 11.2. The van der Waals surface area contributed by atoms with Gasteiger partial charge in [0.25, 0.3) is 0 Å². The highest BCUT2D eigenvalue weighted by molar-refractivity contribution is 7.89. The van der Waals surface area contributed by atoms with Crippen LogP contribution in [-0.4, -0.2) is 15.0 Å². The Hall–Kier alpha value is -2.05. The summed E-state index contributed by atoms with van der Waals surface area (Å²) in [6.45, 7) is 1.14. The van der Waals surface area contributed by atoms with Gasteiger partial charge in [-0.25, -0.2) is 13.1 Å². The summed E-state index contributed by atoms with van der Waals surface area (Å²) in [6.07, 6.45) is 7.97. The van der Waals surface area contributed by atoms with Crippen LogP contribution in [-0.2, 0) is 16.6 Å². The van der Waals surface area contributed by atoms with E-state index in [-0.39, 0.29) is 11.4 Å². The van der Waals surface area contributed by atoms with E-state index in [2.05, 4.69) is 10.0 Å². The zero-order chi connectivity index (χ0) is 19.1. The number of nitrogens with one attached hydrogen (secondary N) is 2. The van der Waals surface area contributed by atoms with Gasteiger partial charge in [-0.3, -0.25) is 0 Å². The SMILES string of the molecule is Nc1cc(CNS(=O)(=O)c2ccccc2)ccc1NCCC1CCCCC1. The van der Waals surface area contributed by atoms with Crippen LogP contribution in [0.25, 0.3) is 0 Å². The van der Waals surface area contributed by atoms with Crippen molar-refractivity contribution in [3.05, 3.63) is 54.1 Å². The smallest absolute Gasteiger partial charge is 0.240 e. The molecule has 1 aliphatic rings. The molecule has 0 aliphatic heterocycles. The number of anilines is 2. The molecule has 0 unspecified atom stereocenters. The molecule has 5 nitrogen and oxygen atoms in total. The van der Waals surface area contributed by atoms with Gasteiger partial charge in [0, 0.05) is 13.1 Å². The Morgan fingerprint density at radius 3 is 2.44 bits per heavy atom. The van der Waals surface area contributed by atoms with E-state index in [1.165, 1.54) is 38.5 Å². The fourth-order valence-corrected chi connectivity index (χ4v) is 4.67. The van der Waals surface area contributed by atoms with Crippen LogP contribution >= 0.6 is 0 Å². The predicted molar refractivity (Wildman–Crippen MR) is 111 cm³/mol. The Morgan fingerprint density at radius 2 is 1.74 bits per heavy atom. The van der Waals surface area contributed by atoms with E-state index >= 15 is 0 Å². The van der Waals surface area contributed by atoms with Crippen molar-refractivity contribution >= 4 is 21.4 Å². The molecular formula is C21H29N3O2S. The molecule has 0 spiro atoms. The Labute approximate surface area is 162 Å². The normalized spacial score (nSPS) is 15.6. The van der Waals surface area contributed by atoms with E-state index < -0.39 is 10.0 Å². The van der Waals surface area contributed by atoms with Gasteiger partial charge >= 0.3 is 0 Å². The lowest BCUT2D eigenvalue weighted by Crippen LogP contribution is -2.23. The van der Waals surface area contributed by atoms with E-state index in [4.69, 9.17) is 5.73 Å². The van der Waals surface area contributed by atoms with Crippen LogP contribution in [0, 0.1) is 5.92 Å². The Balaban J connectivity index is 1.52. The molecule has 4 N–H and O–H groups in total. The summed E-state index contributed by atoms with van der Waals surface area (Å²) < 4.78 is 27.2. The van der Waals surface area contributed by atoms with Crippen molar-refractivity contribution in [1.82, 2.24) is 4.72 Å². The van der Waals surface area contributed by atoms with Gasteiger partial charge in [-0.1, -0.05) is 56.4 Å². The van der Waals surface area contributed by atoms with Crippen molar-refractivity contribution in [3.63, 3.8) is 0 Å². The number of hydrogen-bond acceptors (Lipinski definition) is 4. The molecule has 146 valence electrons. The second-order valence-electron chi connectivity index (χ2n) is 7.28. The van der Waals surface area contributed by atoms with E-state index in [9.17, 15) is 8.42 Å². The molecule has 0 heterocycles.